The first-order valence-electron chi connectivity index (χ1n) is 5.91. The van der Waals surface area contributed by atoms with E-state index in [-0.39, 0.29) is 5.82 Å². The zero-order valence-corrected chi connectivity index (χ0v) is 9.75. The van der Waals surface area contributed by atoms with Gasteiger partial charge in [-0.3, -0.25) is 0 Å². The average Bonchev–Trinajstić information content (AvgIpc) is 2.67. The third-order valence-corrected chi connectivity index (χ3v) is 3.18. The fourth-order valence-electron chi connectivity index (χ4n) is 2.21. The fourth-order valence-corrected chi connectivity index (χ4v) is 2.21. The number of rotatable bonds is 4. The van der Waals surface area contributed by atoms with E-state index in [9.17, 15) is 4.39 Å². The van der Waals surface area contributed by atoms with Gasteiger partial charge in [0.15, 0.2) is 0 Å². The fraction of sp³-hybridized carbons (Fsp3) is 0.538. The van der Waals surface area contributed by atoms with Crippen LogP contribution in [0.25, 0.3) is 0 Å². The van der Waals surface area contributed by atoms with Crippen molar-refractivity contribution in [1.82, 2.24) is 10.2 Å². The van der Waals surface area contributed by atoms with E-state index < -0.39 is 0 Å². The Morgan fingerprint density at radius 3 is 2.94 bits per heavy atom. The number of halogens is 1. The van der Waals surface area contributed by atoms with E-state index in [0.717, 1.165) is 31.6 Å². The molecular formula is C13H19FN2. The molecule has 2 rings (SSSR count). The van der Waals surface area contributed by atoms with Gasteiger partial charge in [-0.15, -0.1) is 0 Å². The lowest BCUT2D eigenvalue weighted by atomic mass is 10.1. The van der Waals surface area contributed by atoms with Crippen LogP contribution in [-0.4, -0.2) is 37.6 Å². The van der Waals surface area contributed by atoms with Crippen LogP contribution in [-0.2, 0) is 6.42 Å². The number of nitrogens with zero attached hydrogens (tertiary/aromatic N) is 1. The first kappa shape index (κ1) is 11.6. The predicted molar refractivity (Wildman–Crippen MR) is 64.0 cm³/mol. The summed E-state index contributed by atoms with van der Waals surface area (Å²) in [4.78, 5) is 2.32. The van der Waals surface area contributed by atoms with Gasteiger partial charge in [0.2, 0.25) is 0 Å². The summed E-state index contributed by atoms with van der Waals surface area (Å²) in [6, 6.07) is 7.59. The standard InChI is InChI=1S/C13H19FN2/c1-16-9-7-12(10-16)15-8-6-11-4-2-3-5-13(11)14/h2-5,12,15H,6-10H2,1H3. The molecule has 1 heterocycles. The van der Waals surface area contributed by atoms with E-state index in [2.05, 4.69) is 17.3 Å². The summed E-state index contributed by atoms with van der Waals surface area (Å²) in [5, 5.41) is 3.48. The lowest BCUT2D eigenvalue weighted by molar-refractivity contribution is 0.398. The van der Waals surface area contributed by atoms with E-state index in [1.165, 1.54) is 12.5 Å². The lowest BCUT2D eigenvalue weighted by Gasteiger charge is -2.12. The van der Waals surface area contributed by atoms with Gasteiger partial charge in [0.05, 0.1) is 0 Å². The topological polar surface area (TPSA) is 15.3 Å². The van der Waals surface area contributed by atoms with Crippen molar-refractivity contribution in [1.29, 1.82) is 0 Å². The van der Waals surface area contributed by atoms with Crippen molar-refractivity contribution in [2.75, 3.05) is 26.7 Å². The molecule has 2 nitrogen and oxygen atoms in total. The largest absolute Gasteiger partial charge is 0.312 e. The summed E-state index contributed by atoms with van der Waals surface area (Å²) < 4.78 is 13.3. The molecule has 88 valence electrons. The van der Waals surface area contributed by atoms with Gasteiger partial charge in [0.25, 0.3) is 0 Å². The van der Waals surface area contributed by atoms with Crippen LogP contribution in [0.4, 0.5) is 4.39 Å². The average molecular weight is 222 g/mol. The van der Waals surface area contributed by atoms with Gasteiger partial charge in [-0.2, -0.15) is 0 Å². The number of hydrogen-bond acceptors (Lipinski definition) is 2. The molecular weight excluding hydrogens is 203 g/mol. The van der Waals surface area contributed by atoms with E-state index in [0.29, 0.717) is 6.04 Å². The Balaban J connectivity index is 1.74. The molecule has 1 atom stereocenters. The van der Waals surface area contributed by atoms with Crippen molar-refractivity contribution in [3.8, 4) is 0 Å². The van der Waals surface area contributed by atoms with Gasteiger partial charge in [-0.05, 0) is 44.6 Å². The van der Waals surface area contributed by atoms with Crippen molar-refractivity contribution < 1.29 is 4.39 Å². The molecule has 16 heavy (non-hydrogen) atoms. The highest BCUT2D eigenvalue weighted by molar-refractivity contribution is 5.17. The minimum atomic E-state index is -0.0900. The number of likely N-dealkylation sites (tertiary alicyclic amines) is 1. The molecule has 1 aliphatic heterocycles. The highest BCUT2D eigenvalue weighted by Crippen LogP contribution is 2.08. The Labute approximate surface area is 96.5 Å². The molecule has 3 heteroatoms. The Bertz CT molecular complexity index is 340. The van der Waals surface area contributed by atoms with Crippen LogP contribution in [0.1, 0.15) is 12.0 Å². The second-order valence-corrected chi connectivity index (χ2v) is 4.54. The van der Waals surface area contributed by atoms with Crippen LogP contribution < -0.4 is 5.32 Å². The molecule has 0 saturated carbocycles. The van der Waals surface area contributed by atoms with Crippen LogP contribution in [0.2, 0.25) is 0 Å². The second-order valence-electron chi connectivity index (χ2n) is 4.54. The molecule has 1 unspecified atom stereocenters. The summed E-state index contributed by atoms with van der Waals surface area (Å²) in [7, 11) is 2.14. The first-order chi connectivity index (χ1) is 7.75. The van der Waals surface area contributed by atoms with Crippen molar-refractivity contribution in [3.63, 3.8) is 0 Å². The minimum Gasteiger partial charge on any atom is -0.312 e. The quantitative estimate of drug-likeness (QED) is 0.833. The van der Waals surface area contributed by atoms with E-state index in [4.69, 9.17) is 0 Å². The van der Waals surface area contributed by atoms with Crippen LogP contribution in [0.3, 0.4) is 0 Å². The molecule has 1 aromatic rings. The van der Waals surface area contributed by atoms with E-state index in [1.807, 2.05) is 12.1 Å². The summed E-state index contributed by atoms with van der Waals surface area (Å²) in [5.74, 6) is -0.0900. The monoisotopic (exact) mass is 222 g/mol. The van der Waals surface area contributed by atoms with Crippen LogP contribution in [0.15, 0.2) is 24.3 Å². The molecule has 0 bridgehead atoms. The molecule has 0 radical (unpaired) electrons. The molecule has 1 N–H and O–H groups in total. The normalized spacial score (nSPS) is 21.5. The van der Waals surface area contributed by atoms with Crippen molar-refractivity contribution in [3.05, 3.63) is 35.6 Å². The summed E-state index contributed by atoms with van der Waals surface area (Å²) in [5.41, 5.74) is 0.807. The zero-order chi connectivity index (χ0) is 11.4. The van der Waals surface area contributed by atoms with Crippen molar-refractivity contribution >= 4 is 0 Å². The summed E-state index contributed by atoms with van der Waals surface area (Å²) >= 11 is 0. The van der Waals surface area contributed by atoms with Crippen molar-refractivity contribution in [2.45, 2.75) is 18.9 Å². The van der Waals surface area contributed by atoms with Gasteiger partial charge in [-0.1, -0.05) is 18.2 Å². The van der Waals surface area contributed by atoms with E-state index in [1.54, 1.807) is 6.07 Å². The Kier molecular flexibility index (Phi) is 3.91. The highest BCUT2D eigenvalue weighted by atomic mass is 19.1. The third kappa shape index (κ3) is 3.03. The SMILES string of the molecule is CN1CCC(NCCc2ccccc2F)C1. The number of likely N-dealkylation sites (N-methyl/N-ethyl adjacent to an activating group) is 1. The molecule has 0 aliphatic carbocycles. The highest BCUT2D eigenvalue weighted by Gasteiger charge is 2.18. The molecule has 1 aromatic carbocycles. The lowest BCUT2D eigenvalue weighted by Crippen LogP contribution is -2.33. The number of hydrogen-bond donors (Lipinski definition) is 1. The van der Waals surface area contributed by atoms with Gasteiger partial charge in [0.1, 0.15) is 5.82 Å². The smallest absolute Gasteiger partial charge is 0.126 e. The number of benzene rings is 1. The molecule has 0 aromatic heterocycles. The summed E-state index contributed by atoms with van der Waals surface area (Å²) in [6.07, 6.45) is 1.97. The molecule has 0 spiro atoms. The van der Waals surface area contributed by atoms with E-state index >= 15 is 0 Å². The Morgan fingerprint density at radius 2 is 2.25 bits per heavy atom. The predicted octanol–water partition coefficient (Wildman–Crippen LogP) is 1.66. The maximum absolute atomic E-state index is 13.3. The zero-order valence-electron chi connectivity index (χ0n) is 9.75. The second kappa shape index (κ2) is 5.41. The van der Waals surface area contributed by atoms with Crippen LogP contribution in [0.5, 0.6) is 0 Å². The number of nitrogens with one attached hydrogen (secondary N) is 1. The summed E-state index contributed by atoms with van der Waals surface area (Å²) in [6.45, 7) is 3.13. The van der Waals surface area contributed by atoms with Crippen molar-refractivity contribution in [2.24, 2.45) is 0 Å². The molecule has 1 saturated heterocycles. The maximum atomic E-state index is 13.3. The van der Waals surface area contributed by atoms with Gasteiger partial charge in [0, 0.05) is 12.6 Å². The van der Waals surface area contributed by atoms with Gasteiger partial charge >= 0.3 is 0 Å². The Hall–Kier alpha value is -0.930. The van der Waals surface area contributed by atoms with Gasteiger partial charge < -0.3 is 10.2 Å². The molecule has 1 aliphatic rings. The maximum Gasteiger partial charge on any atom is 0.126 e. The first-order valence-corrected chi connectivity index (χ1v) is 5.91. The Morgan fingerprint density at radius 1 is 1.44 bits per heavy atom. The van der Waals surface area contributed by atoms with Crippen LogP contribution >= 0.6 is 0 Å². The third-order valence-electron chi connectivity index (χ3n) is 3.18. The molecule has 1 fully saturated rings. The van der Waals surface area contributed by atoms with Crippen LogP contribution in [0, 0.1) is 5.82 Å². The van der Waals surface area contributed by atoms with Gasteiger partial charge in [-0.25, -0.2) is 4.39 Å². The minimum absolute atomic E-state index is 0.0900. The molecule has 0 amide bonds.